The fourth-order valence-corrected chi connectivity index (χ4v) is 1.75. The molecule has 1 rings (SSSR count). The van der Waals surface area contributed by atoms with Crippen LogP contribution in [0.15, 0.2) is 0 Å². The molecular formula is C9H20N2. The quantitative estimate of drug-likeness (QED) is 0.602. The molecule has 0 N–H and O–H groups in total. The van der Waals surface area contributed by atoms with Gasteiger partial charge in [0.1, 0.15) is 0 Å². The van der Waals surface area contributed by atoms with Gasteiger partial charge in [0.25, 0.3) is 0 Å². The highest BCUT2D eigenvalue weighted by Crippen LogP contribution is 2.17. The molecule has 0 bridgehead atoms. The normalized spacial score (nSPS) is 26.7. The van der Waals surface area contributed by atoms with E-state index < -0.39 is 0 Å². The van der Waals surface area contributed by atoms with Gasteiger partial charge in [-0.1, -0.05) is 0 Å². The molecule has 66 valence electrons. The van der Waals surface area contributed by atoms with E-state index in [1.165, 1.54) is 32.4 Å². The van der Waals surface area contributed by atoms with Crippen molar-refractivity contribution >= 4 is 0 Å². The van der Waals surface area contributed by atoms with Gasteiger partial charge < -0.3 is 9.80 Å². The molecule has 1 aliphatic heterocycles. The smallest absolute Gasteiger partial charge is 0.0105 e. The summed E-state index contributed by atoms with van der Waals surface area (Å²) in [5.74, 6) is 0. The maximum absolute atomic E-state index is 2.49. The van der Waals surface area contributed by atoms with Gasteiger partial charge in [-0.3, -0.25) is 0 Å². The Morgan fingerprint density at radius 2 is 2.18 bits per heavy atom. The number of nitrogens with zero attached hydrogens (tertiary/aromatic N) is 2. The van der Waals surface area contributed by atoms with Crippen molar-refractivity contribution in [1.29, 1.82) is 0 Å². The number of hydrogen-bond donors (Lipinski definition) is 0. The van der Waals surface area contributed by atoms with Crippen LogP contribution in [0.25, 0.3) is 0 Å². The molecule has 0 aliphatic carbocycles. The minimum absolute atomic E-state index is 0.859. The van der Waals surface area contributed by atoms with Crippen LogP contribution in [0, 0.1) is 0 Å². The molecule has 1 atom stereocenters. The van der Waals surface area contributed by atoms with Crippen LogP contribution in [0.4, 0.5) is 0 Å². The van der Waals surface area contributed by atoms with Crippen molar-refractivity contribution in [3.63, 3.8) is 0 Å². The molecular weight excluding hydrogens is 136 g/mol. The fourth-order valence-electron chi connectivity index (χ4n) is 1.75. The number of likely N-dealkylation sites (tertiary alicyclic amines) is 1. The molecule has 2 heteroatoms. The Morgan fingerprint density at radius 3 is 2.64 bits per heavy atom. The van der Waals surface area contributed by atoms with Crippen molar-refractivity contribution in [2.75, 3.05) is 34.2 Å². The van der Waals surface area contributed by atoms with Crippen LogP contribution in [-0.2, 0) is 0 Å². The summed E-state index contributed by atoms with van der Waals surface area (Å²) >= 11 is 0. The van der Waals surface area contributed by atoms with E-state index in [4.69, 9.17) is 0 Å². The topological polar surface area (TPSA) is 6.48 Å². The second kappa shape index (κ2) is 4.07. The first-order chi connectivity index (χ1) is 5.20. The zero-order valence-electron chi connectivity index (χ0n) is 8.01. The zero-order chi connectivity index (χ0) is 8.27. The molecule has 0 saturated carbocycles. The second-order valence-corrected chi connectivity index (χ2v) is 3.87. The predicted molar refractivity (Wildman–Crippen MR) is 48.8 cm³/mol. The maximum Gasteiger partial charge on any atom is 0.0105 e. The summed E-state index contributed by atoms with van der Waals surface area (Å²) in [6.07, 6.45) is 4.14. The summed E-state index contributed by atoms with van der Waals surface area (Å²) < 4.78 is 0. The Kier molecular flexibility index (Phi) is 3.34. The molecule has 0 unspecified atom stereocenters. The Labute approximate surface area is 70.2 Å². The van der Waals surface area contributed by atoms with Crippen LogP contribution < -0.4 is 0 Å². The molecule has 0 aromatic rings. The largest absolute Gasteiger partial charge is 0.309 e. The van der Waals surface area contributed by atoms with Crippen LogP contribution in [0.5, 0.6) is 0 Å². The highest BCUT2D eigenvalue weighted by molar-refractivity contribution is 4.76. The van der Waals surface area contributed by atoms with Crippen LogP contribution >= 0.6 is 0 Å². The lowest BCUT2D eigenvalue weighted by molar-refractivity contribution is 0.266. The lowest BCUT2D eigenvalue weighted by atomic mass is 10.1. The molecule has 0 radical (unpaired) electrons. The van der Waals surface area contributed by atoms with E-state index in [9.17, 15) is 0 Å². The Balaban J connectivity index is 2.15. The molecule has 1 heterocycles. The summed E-state index contributed by atoms with van der Waals surface area (Å²) in [6.45, 7) is 2.53. The van der Waals surface area contributed by atoms with Gasteiger partial charge in [-0.2, -0.15) is 0 Å². The molecule has 0 spiro atoms. The van der Waals surface area contributed by atoms with Crippen molar-refractivity contribution in [3.8, 4) is 0 Å². The van der Waals surface area contributed by atoms with Gasteiger partial charge >= 0.3 is 0 Å². The average molecular weight is 156 g/mol. The number of hydrogen-bond acceptors (Lipinski definition) is 2. The summed E-state index contributed by atoms with van der Waals surface area (Å²) in [5.41, 5.74) is 0. The standard InChI is InChI=1S/C9H20N2/c1-10(2)8-6-9-5-4-7-11(9)3/h9H,4-8H2,1-3H3/t9-/m0/s1. The SMILES string of the molecule is CN(C)CC[C@@H]1CCCN1C. The molecule has 11 heavy (non-hydrogen) atoms. The van der Waals surface area contributed by atoms with E-state index in [2.05, 4.69) is 30.9 Å². The summed E-state index contributed by atoms with van der Waals surface area (Å²) in [6, 6.07) is 0.859. The summed E-state index contributed by atoms with van der Waals surface area (Å²) in [7, 11) is 6.54. The monoisotopic (exact) mass is 156 g/mol. The zero-order valence-corrected chi connectivity index (χ0v) is 8.01. The van der Waals surface area contributed by atoms with Crippen molar-refractivity contribution in [2.45, 2.75) is 25.3 Å². The Bertz CT molecular complexity index is 112. The lowest BCUT2D eigenvalue weighted by Gasteiger charge is -2.20. The van der Waals surface area contributed by atoms with Crippen molar-refractivity contribution in [3.05, 3.63) is 0 Å². The third-order valence-corrected chi connectivity index (χ3v) is 2.58. The van der Waals surface area contributed by atoms with E-state index >= 15 is 0 Å². The summed E-state index contributed by atoms with van der Waals surface area (Å²) in [5, 5.41) is 0. The van der Waals surface area contributed by atoms with E-state index in [1.807, 2.05) is 0 Å². The predicted octanol–water partition coefficient (Wildman–Crippen LogP) is 1.03. The van der Waals surface area contributed by atoms with Crippen molar-refractivity contribution in [2.24, 2.45) is 0 Å². The molecule has 1 saturated heterocycles. The van der Waals surface area contributed by atoms with E-state index in [1.54, 1.807) is 0 Å². The highest BCUT2D eigenvalue weighted by Gasteiger charge is 2.19. The van der Waals surface area contributed by atoms with E-state index in [0.29, 0.717) is 0 Å². The van der Waals surface area contributed by atoms with Gasteiger partial charge in [0.05, 0.1) is 0 Å². The number of rotatable bonds is 3. The lowest BCUT2D eigenvalue weighted by Crippen LogP contribution is -2.28. The fraction of sp³-hybridized carbons (Fsp3) is 1.00. The van der Waals surface area contributed by atoms with Crippen molar-refractivity contribution < 1.29 is 0 Å². The van der Waals surface area contributed by atoms with Crippen LogP contribution in [0.2, 0.25) is 0 Å². The molecule has 2 nitrogen and oxygen atoms in total. The Morgan fingerprint density at radius 1 is 1.45 bits per heavy atom. The van der Waals surface area contributed by atoms with Gasteiger partial charge in [-0.25, -0.2) is 0 Å². The van der Waals surface area contributed by atoms with Gasteiger partial charge in [0.2, 0.25) is 0 Å². The van der Waals surface area contributed by atoms with Crippen LogP contribution in [0.1, 0.15) is 19.3 Å². The van der Waals surface area contributed by atoms with E-state index in [0.717, 1.165) is 6.04 Å². The maximum atomic E-state index is 2.49. The van der Waals surface area contributed by atoms with Crippen molar-refractivity contribution in [1.82, 2.24) is 9.80 Å². The van der Waals surface area contributed by atoms with Crippen LogP contribution in [-0.4, -0.2) is 50.1 Å². The first-order valence-electron chi connectivity index (χ1n) is 4.55. The first kappa shape index (κ1) is 9.01. The van der Waals surface area contributed by atoms with Gasteiger partial charge in [-0.05, 0) is 53.5 Å². The molecule has 0 aromatic heterocycles. The van der Waals surface area contributed by atoms with E-state index in [-0.39, 0.29) is 0 Å². The third kappa shape index (κ3) is 2.80. The van der Waals surface area contributed by atoms with Crippen LogP contribution in [0.3, 0.4) is 0 Å². The molecule has 1 aliphatic rings. The second-order valence-electron chi connectivity index (χ2n) is 3.87. The van der Waals surface area contributed by atoms with Gasteiger partial charge in [0.15, 0.2) is 0 Å². The van der Waals surface area contributed by atoms with Gasteiger partial charge in [0, 0.05) is 6.04 Å². The minimum Gasteiger partial charge on any atom is -0.309 e. The average Bonchev–Trinajstić information content (AvgIpc) is 2.31. The third-order valence-electron chi connectivity index (χ3n) is 2.58. The molecule has 0 amide bonds. The van der Waals surface area contributed by atoms with Gasteiger partial charge in [-0.15, -0.1) is 0 Å². The first-order valence-corrected chi connectivity index (χ1v) is 4.55. The minimum atomic E-state index is 0.859. The summed E-state index contributed by atoms with van der Waals surface area (Å²) in [4.78, 5) is 4.76. The molecule has 0 aromatic carbocycles. The highest BCUT2D eigenvalue weighted by atomic mass is 15.2. The Hall–Kier alpha value is -0.0800. The molecule has 1 fully saturated rings.